The van der Waals surface area contributed by atoms with Crippen molar-refractivity contribution in [3.05, 3.63) is 29.8 Å². The number of ether oxygens (including phenoxy) is 2. The van der Waals surface area contributed by atoms with Gasteiger partial charge >= 0.3 is 5.97 Å². The van der Waals surface area contributed by atoms with Crippen molar-refractivity contribution in [1.29, 1.82) is 0 Å². The maximum absolute atomic E-state index is 11.8. The minimum atomic E-state index is -0.297. The Morgan fingerprint density at radius 1 is 1.25 bits per heavy atom. The molecule has 0 radical (unpaired) electrons. The zero-order chi connectivity index (χ0) is 14.8. The van der Waals surface area contributed by atoms with Crippen molar-refractivity contribution in [2.75, 3.05) is 19.8 Å². The van der Waals surface area contributed by atoms with Gasteiger partial charge in [-0.25, -0.2) is 0 Å². The molecule has 1 aromatic rings. The first-order valence-corrected chi connectivity index (χ1v) is 7.33. The smallest absolute Gasteiger partial charge is 0.323 e. The van der Waals surface area contributed by atoms with Gasteiger partial charge in [-0.1, -0.05) is 32.0 Å². The Bertz CT molecular complexity index is 406. The Labute approximate surface area is 121 Å². The molecular formula is C16H25NO3. The first kappa shape index (κ1) is 16.5. The number of aryl methyl sites for hydroxylation is 1. The predicted octanol–water partition coefficient (Wildman–Crippen LogP) is 2.56. The fraction of sp³-hybridized carbons (Fsp3) is 0.562. The third kappa shape index (κ3) is 5.21. The van der Waals surface area contributed by atoms with Crippen LogP contribution < -0.4 is 10.1 Å². The van der Waals surface area contributed by atoms with Crippen LogP contribution in [-0.2, 0) is 16.0 Å². The number of nitrogens with one attached hydrogen (secondary N) is 1. The van der Waals surface area contributed by atoms with Gasteiger partial charge < -0.3 is 14.8 Å². The molecule has 20 heavy (non-hydrogen) atoms. The van der Waals surface area contributed by atoms with Crippen LogP contribution in [0.5, 0.6) is 5.75 Å². The number of hydrogen-bond acceptors (Lipinski definition) is 4. The number of benzene rings is 1. The van der Waals surface area contributed by atoms with Crippen molar-refractivity contribution in [3.63, 3.8) is 0 Å². The predicted molar refractivity (Wildman–Crippen MR) is 80.0 cm³/mol. The molecule has 1 unspecified atom stereocenters. The first-order chi connectivity index (χ1) is 9.72. The molecule has 1 rings (SSSR count). The zero-order valence-electron chi connectivity index (χ0n) is 12.6. The van der Waals surface area contributed by atoms with E-state index in [0.717, 1.165) is 18.7 Å². The van der Waals surface area contributed by atoms with Gasteiger partial charge in [-0.2, -0.15) is 0 Å². The third-order valence-electron chi connectivity index (χ3n) is 3.04. The molecule has 0 amide bonds. The molecule has 0 saturated heterocycles. The lowest BCUT2D eigenvalue weighted by Gasteiger charge is -2.17. The molecule has 0 aliphatic carbocycles. The summed E-state index contributed by atoms with van der Waals surface area (Å²) in [6.45, 7) is 7.51. The number of rotatable bonds is 9. The van der Waals surface area contributed by atoms with E-state index in [4.69, 9.17) is 9.47 Å². The number of esters is 1. The number of carbonyl (C=O) groups excluding carboxylic acids is 1. The summed E-state index contributed by atoms with van der Waals surface area (Å²) in [5.74, 6) is 0.691. The van der Waals surface area contributed by atoms with E-state index < -0.39 is 0 Å². The number of carbonyl (C=O) groups is 1. The van der Waals surface area contributed by atoms with Crippen LogP contribution in [0.4, 0.5) is 0 Å². The van der Waals surface area contributed by atoms with E-state index in [0.29, 0.717) is 19.6 Å². The molecule has 0 aliphatic heterocycles. The van der Waals surface area contributed by atoms with Gasteiger partial charge in [0.05, 0.1) is 13.2 Å². The lowest BCUT2D eigenvalue weighted by molar-refractivity contribution is -0.146. The molecule has 0 aliphatic rings. The highest BCUT2D eigenvalue weighted by atomic mass is 16.5. The molecule has 0 aromatic heterocycles. The van der Waals surface area contributed by atoms with Gasteiger partial charge in [-0.3, -0.25) is 4.79 Å². The van der Waals surface area contributed by atoms with Crippen LogP contribution in [0.15, 0.2) is 24.3 Å². The summed E-state index contributed by atoms with van der Waals surface area (Å²) in [6.07, 6.45) is 1.54. The maximum Gasteiger partial charge on any atom is 0.323 e. The van der Waals surface area contributed by atoms with E-state index in [1.165, 1.54) is 5.56 Å². The molecule has 0 heterocycles. The van der Waals surface area contributed by atoms with Gasteiger partial charge in [0.25, 0.3) is 0 Å². The maximum atomic E-state index is 11.8. The summed E-state index contributed by atoms with van der Waals surface area (Å²) >= 11 is 0. The normalized spacial score (nSPS) is 11.9. The van der Waals surface area contributed by atoms with Crippen molar-refractivity contribution >= 4 is 5.97 Å². The summed E-state index contributed by atoms with van der Waals surface area (Å²) in [4.78, 5) is 11.8. The van der Waals surface area contributed by atoms with Crippen LogP contribution in [0.25, 0.3) is 0 Å². The van der Waals surface area contributed by atoms with Crippen molar-refractivity contribution < 1.29 is 14.3 Å². The Morgan fingerprint density at radius 2 is 2.00 bits per heavy atom. The van der Waals surface area contributed by atoms with Gasteiger partial charge in [0.1, 0.15) is 11.8 Å². The topological polar surface area (TPSA) is 47.6 Å². The monoisotopic (exact) mass is 279 g/mol. The molecule has 112 valence electrons. The Morgan fingerprint density at radius 3 is 2.65 bits per heavy atom. The van der Waals surface area contributed by atoms with E-state index in [2.05, 4.69) is 18.3 Å². The molecule has 1 aromatic carbocycles. The second-order valence-electron chi connectivity index (χ2n) is 4.46. The molecule has 0 bridgehead atoms. The van der Waals surface area contributed by atoms with Gasteiger partial charge in [-0.15, -0.1) is 0 Å². The van der Waals surface area contributed by atoms with Gasteiger partial charge in [-0.05, 0) is 31.5 Å². The number of hydrogen-bond donors (Lipinski definition) is 1. The van der Waals surface area contributed by atoms with Crippen molar-refractivity contribution in [1.82, 2.24) is 5.32 Å². The van der Waals surface area contributed by atoms with E-state index in [1.807, 2.05) is 32.0 Å². The molecule has 1 N–H and O–H groups in total. The number of para-hydroxylation sites is 1. The van der Waals surface area contributed by atoms with Crippen molar-refractivity contribution in [3.8, 4) is 5.75 Å². The second kappa shape index (κ2) is 9.37. The molecule has 0 fully saturated rings. The van der Waals surface area contributed by atoms with Crippen LogP contribution in [0, 0.1) is 0 Å². The highest BCUT2D eigenvalue weighted by Gasteiger charge is 2.18. The summed E-state index contributed by atoms with van der Waals surface area (Å²) < 4.78 is 10.8. The van der Waals surface area contributed by atoms with Crippen LogP contribution in [-0.4, -0.2) is 31.8 Å². The summed E-state index contributed by atoms with van der Waals surface area (Å²) in [6, 6.07) is 7.69. The molecular weight excluding hydrogens is 254 g/mol. The van der Waals surface area contributed by atoms with Crippen LogP contribution in [0.3, 0.4) is 0 Å². The minimum absolute atomic E-state index is 0.207. The lowest BCUT2D eigenvalue weighted by Crippen LogP contribution is -2.39. The second-order valence-corrected chi connectivity index (χ2v) is 4.46. The highest BCUT2D eigenvalue weighted by molar-refractivity contribution is 5.75. The van der Waals surface area contributed by atoms with Crippen LogP contribution in [0.1, 0.15) is 32.8 Å². The molecule has 4 heteroatoms. The molecule has 4 nitrogen and oxygen atoms in total. The zero-order valence-corrected chi connectivity index (χ0v) is 12.6. The lowest BCUT2D eigenvalue weighted by atomic mass is 10.1. The Hall–Kier alpha value is -1.55. The third-order valence-corrected chi connectivity index (χ3v) is 3.04. The van der Waals surface area contributed by atoms with Gasteiger partial charge in [0.2, 0.25) is 0 Å². The number of likely N-dealkylation sites (N-methyl/N-ethyl adjacent to an activating group) is 1. The standard InChI is InChI=1S/C16H25NO3/c1-4-13-9-7-8-10-15(13)20-12-11-14(17-5-2)16(18)19-6-3/h7-10,14,17H,4-6,11-12H2,1-3H3. The molecule has 0 spiro atoms. The summed E-state index contributed by atoms with van der Waals surface area (Å²) in [5, 5.41) is 3.13. The SMILES string of the molecule is CCNC(CCOc1ccccc1CC)C(=O)OCC. The van der Waals surface area contributed by atoms with E-state index in [9.17, 15) is 4.79 Å². The summed E-state index contributed by atoms with van der Waals surface area (Å²) in [5.41, 5.74) is 1.18. The van der Waals surface area contributed by atoms with E-state index >= 15 is 0 Å². The van der Waals surface area contributed by atoms with Crippen molar-refractivity contribution in [2.24, 2.45) is 0 Å². The quantitative estimate of drug-likeness (QED) is 0.706. The van der Waals surface area contributed by atoms with E-state index in [1.54, 1.807) is 0 Å². The average molecular weight is 279 g/mol. The fourth-order valence-electron chi connectivity index (χ4n) is 2.02. The Balaban J connectivity index is 2.49. The van der Waals surface area contributed by atoms with E-state index in [-0.39, 0.29) is 12.0 Å². The van der Waals surface area contributed by atoms with Gasteiger partial charge in [0, 0.05) is 6.42 Å². The fourth-order valence-corrected chi connectivity index (χ4v) is 2.02. The molecule has 1 atom stereocenters. The van der Waals surface area contributed by atoms with Crippen molar-refractivity contribution in [2.45, 2.75) is 39.7 Å². The molecule has 0 saturated carbocycles. The van der Waals surface area contributed by atoms with Crippen LogP contribution in [0.2, 0.25) is 0 Å². The first-order valence-electron chi connectivity index (χ1n) is 7.33. The summed E-state index contributed by atoms with van der Waals surface area (Å²) in [7, 11) is 0. The van der Waals surface area contributed by atoms with Crippen LogP contribution >= 0.6 is 0 Å². The largest absolute Gasteiger partial charge is 0.493 e. The van der Waals surface area contributed by atoms with Gasteiger partial charge in [0.15, 0.2) is 0 Å². The highest BCUT2D eigenvalue weighted by Crippen LogP contribution is 2.18. The average Bonchev–Trinajstić information content (AvgIpc) is 2.47. The minimum Gasteiger partial charge on any atom is -0.493 e. The Kier molecular flexibility index (Phi) is 7.73.